The van der Waals surface area contributed by atoms with Crippen molar-refractivity contribution in [3.05, 3.63) is 53.6 Å². The molecule has 0 saturated carbocycles. The first kappa shape index (κ1) is 19.9. The lowest BCUT2D eigenvalue weighted by molar-refractivity contribution is -0.137. The maximum Gasteiger partial charge on any atom is 0.330 e. The fourth-order valence-corrected chi connectivity index (χ4v) is 2.06. The predicted molar refractivity (Wildman–Crippen MR) is 92.7 cm³/mol. The van der Waals surface area contributed by atoms with Crippen molar-refractivity contribution < 1.29 is 24.5 Å². The van der Waals surface area contributed by atoms with Gasteiger partial charge in [-0.3, -0.25) is 0 Å². The van der Waals surface area contributed by atoms with Crippen molar-refractivity contribution in [2.24, 2.45) is 0 Å². The molecule has 0 heterocycles. The lowest BCUT2D eigenvalue weighted by Crippen LogP contribution is -2.02. The summed E-state index contributed by atoms with van der Waals surface area (Å²) < 4.78 is 10.1. The molecular weight excluding hydrogens is 308 g/mol. The molecule has 0 aliphatic heterocycles. The molecule has 5 heteroatoms. The number of allylic oxidation sites excluding steroid dienone is 3. The van der Waals surface area contributed by atoms with E-state index in [1.54, 1.807) is 19.1 Å². The molecular formula is C19H26O5. The van der Waals surface area contributed by atoms with Crippen molar-refractivity contribution in [3.8, 4) is 5.75 Å². The summed E-state index contributed by atoms with van der Waals surface area (Å²) in [6.45, 7) is 4.19. The van der Waals surface area contributed by atoms with E-state index in [1.165, 1.54) is 6.08 Å². The molecule has 0 aromatic heterocycles. The van der Waals surface area contributed by atoms with E-state index >= 15 is 0 Å². The summed E-state index contributed by atoms with van der Waals surface area (Å²) >= 11 is 0. The van der Waals surface area contributed by atoms with Crippen molar-refractivity contribution >= 4 is 5.97 Å². The second-order valence-electron chi connectivity index (χ2n) is 5.28. The molecule has 0 amide bonds. The topological polar surface area (TPSA) is 76.0 Å². The number of esters is 1. The van der Waals surface area contributed by atoms with E-state index in [9.17, 15) is 9.90 Å². The second-order valence-corrected chi connectivity index (χ2v) is 5.28. The van der Waals surface area contributed by atoms with Gasteiger partial charge in [0, 0.05) is 6.08 Å². The number of aliphatic hydroxyl groups is 2. The minimum absolute atomic E-state index is 0.0270. The number of rotatable bonds is 10. The van der Waals surface area contributed by atoms with Crippen molar-refractivity contribution in [2.45, 2.75) is 32.8 Å². The fourth-order valence-electron chi connectivity index (χ4n) is 2.06. The summed E-state index contributed by atoms with van der Waals surface area (Å²) in [6, 6.07) is 7.17. The van der Waals surface area contributed by atoms with Crippen LogP contribution < -0.4 is 4.74 Å². The molecule has 0 bridgehead atoms. The van der Waals surface area contributed by atoms with Gasteiger partial charge in [0.05, 0.1) is 19.3 Å². The van der Waals surface area contributed by atoms with E-state index in [0.717, 1.165) is 11.1 Å². The largest absolute Gasteiger partial charge is 0.491 e. The number of carbonyl (C=O) groups excluding carboxylic acids is 1. The van der Waals surface area contributed by atoms with Crippen LogP contribution in [0.1, 0.15) is 38.4 Å². The Labute approximate surface area is 143 Å². The van der Waals surface area contributed by atoms with Gasteiger partial charge >= 0.3 is 5.97 Å². The SMILES string of the molecule is CCOC(=O)/C=C(C)/C=C/CC[C@H](O)c1ccc(OCCO)cc1. The Morgan fingerprint density at radius 1 is 1.29 bits per heavy atom. The lowest BCUT2D eigenvalue weighted by Gasteiger charge is -2.11. The van der Waals surface area contributed by atoms with Crippen LogP contribution in [0.5, 0.6) is 5.75 Å². The number of carbonyl (C=O) groups is 1. The molecule has 1 aromatic carbocycles. The minimum atomic E-state index is -0.559. The zero-order valence-corrected chi connectivity index (χ0v) is 14.3. The highest BCUT2D eigenvalue weighted by molar-refractivity contribution is 5.83. The Morgan fingerprint density at radius 2 is 2.00 bits per heavy atom. The summed E-state index contributed by atoms with van der Waals surface area (Å²) in [5.41, 5.74) is 1.63. The lowest BCUT2D eigenvalue weighted by atomic mass is 10.0. The summed E-state index contributed by atoms with van der Waals surface area (Å²) in [5, 5.41) is 18.9. The first-order valence-electron chi connectivity index (χ1n) is 8.10. The van der Waals surface area contributed by atoms with Gasteiger partial charge in [0.25, 0.3) is 0 Å². The third kappa shape index (κ3) is 7.94. The van der Waals surface area contributed by atoms with Crippen LogP contribution in [-0.4, -0.2) is 36.0 Å². The van der Waals surface area contributed by atoms with Crippen molar-refractivity contribution in [2.75, 3.05) is 19.8 Å². The van der Waals surface area contributed by atoms with Crippen molar-refractivity contribution in [3.63, 3.8) is 0 Å². The summed E-state index contributed by atoms with van der Waals surface area (Å²) in [5.74, 6) is 0.322. The zero-order valence-electron chi connectivity index (χ0n) is 14.3. The van der Waals surface area contributed by atoms with Crippen LogP contribution in [0.4, 0.5) is 0 Å². The molecule has 0 spiro atoms. The van der Waals surface area contributed by atoms with Gasteiger partial charge in [-0.25, -0.2) is 4.79 Å². The van der Waals surface area contributed by atoms with E-state index in [-0.39, 0.29) is 19.2 Å². The zero-order chi connectivity index (χ0) is 17.8. The molecule has 0 saturated heterocycles. The number of benzene rings is 1. The minimum Gasteiger partial charge on any atom is -0.491 e. The molecule has 0 aliphatic carbocycles. The predicted octanol–water partition coefficient (Wildman–Crippen LogP) is 2.94. The average molecular weight is 334 g/mol. The first-order chi connectivity index (χ1) is 11.6. The highest BCUT2D eigenvalue weighted by Crippen LogP contribution is 2.21. The van der Waals surface area contributed by atoms with Gasteiger partial charge < -0.3 is 19.7 Å². The maximum atomic E-state index is 11.3. The van der Waals surface area contributed by atoms with E-state index in [2.05, 4.69) is 0 Å². The van der Waals surface area contributed by atoms with Crippen molar-refractivity contribution in [1.82, 2.24) is 0 Å². The van der Waals surface area contributed by atoms with E-state index < -0.39 is 6.10 Å². The summed E-state index contributed by atoms with van der Waals surface area (Å²) in [4.78, 5) is 11.3. The van der Waals surface area contributed by atoms with Gasteiger partial charge in [-0.05, 0) is 50.0 Å². The fraction of sp³-hybridized carbons (Fsp3) is 0.421. The van der Waals surface area contributed by atoms with E-state index in [4.69, 9.17) is 14.6 Å². The Bertz CT molecular complexity index is 545. The standard InChI is InChI=1S/C19H26O5/c1-3-23-19(22)14-15(2)6-4-5-7-18(21)16-8-10-17(11-9-16)24-13-12-20/h4,6,8-11,14,18,20-21H,3,5,7,12-13H2,1-2H3/b6-4+,15-14+/t18-/m0/s1. The number of hydrogen-bond acceptors (Lipinski definition) is 5. The monoisotopic (exact) mass is 334 g/mol. The Morgan fingerprint density at radius 3 is 2.62 bits per heavy atom. The summed E-state index contributed by atoms with van der Waals surface area (Å²) in [6.07, 6.45) is 5.93. The van der Waals surface area contributed by atoms with E-state index in [0.29, 0.717) is 25.2 Å². The van der Waals surface area contributed by atoms with Gasteiger partial charge in [0.15, 0.2) is 0 Å². The van der Waals surface area contributed by atoms with Crippen LogP contribution in [0.2, 0.25) is 0 Å². The molecule has 24 heavy (non-hydrogen) atoms. The van der Waals surface area contributed by atoms with Crippen LogP contribution in [0.25, 0.3) is 0 Å². The van der Waals surface area contributed by atoms with E-state index in [1.807, 2.05) is 31.2 Å². The molecule has 1 aromatic rings. The van der Waals surface area contributed by atoms with Crippen LogP contribution >= 0.6 is 0 Å². The molecule has 1 rings (SSSR count). The molecule has 0 radical (unpaired) electrons. The third-order valence-electron chi connectivity index (χ3n) is 3.24. The molecule has 132 valence electrons. The van der Waals surface area contributed by atoms with Crippen LogP contribution in [0.15, 0.2) is 48.1 Å². The Kier molecular flexibility index (Phi) is 9.49. The van der Waals surface area contributed by atoms with Gasteiger partial charge in [-0.1, -0.05) is 24.3 Å². The van der Waals surface area contributed by atoms with Crippen LogP contribution in [-0.2, 0) is 9.53 Å². The average Bonchev–Trinajstić information content (AvgIpc) is 2.57. The third-order valence-corrected chi connectivity index (χ3v) is 3.24. The first-order valence-corrected chi connectivity index (χ1v) is 8.10. The highest BCUT2D eigenvalue weighted by Gasteiger charge is 2.06. The van der Waals surface area contributed by atoms with Gasteiger partial charge in [0.1, 0.15) is 12.4 Å². The molecule has 0 fully saturated rings. The highest BCUT2D eigenvalue weighted by atomic mass is 16.5. The molecule has 0 aliphatic rings. The smallest absolute Gasteiger partial charge is 0.330 e. The van der Waals surface area contributed by atoms with Gasteiger partial charge in [-0.2, -0.15) is 0 Å². The Balaban J connectivity index is 2.41. The number of aliphatic hydroxyl groups excluding tert-OH is 2. The van der Waals surface area contributed by atoms with Gasteiger partial charge in [-0.15, -0.1) is 0 Å². The normalized spacial score (nSPS) is 13.1. The molecule has 2 N–H and O–H groups in total. The quantitative estimate of drug-likeness (QED) is 0.391. The van der Waals surface area contributed by atoms with Crippen molar-refractivity contribution in [1.29, 1.82) is 0 Å². The molecule has 0 unspecified atom stereocenters. The van der Waals surface area contributed by atoms with Crippen LogP contribution in [0, 0.1) is 0 Å². The molecule has 1 atom stereocenters. The maximum absolute atomic E-state index is 11.3. The van der Waals surface area contributed by atoms with Gasteiger partial charge in [0.2, 0.25) is 0 Å². The second kappa shape index (κ2) is 11.4. The van der Waals surface area contributed by atoms with Crippen LogP contribution in [0.3, 0.4) is 0 Å². The number of hydrogen-bond donors (Lipinski definition) is 2. The summed E-state index contributed by atoms with van der Waals surface area (Å²) in [7, 11) is 0. The molecule has 5 nitrogen and oxygen atoms in total. The Hall–Kier alpha value is -2.11. The number of ether oxygens (including phenoxy) is 2.